The van der Waals surface area contributed by atoms with Crippen LogP contribution in [0.4, 0.5) is 0 Å². The zero-order valence-corrected chi connectivity index (χ0v) is 21.1. The van der Waals surface area contributed by atoms with E-state index in [4.69, 9.17) is 18.1 Å². The van der Waals surface area contributed by atoms with E-state index in [1.165, 1.54) is 6.21 Å². The van der Waals surface area contributed by atoms with E-state index in [1.54, 1.807) is 64.1 Å². The van der Waals surface area contributed by atoms with Crippen molar-refractivity contribution in [2.75, 3.05) is 26.4 Å². The van der Waals surface area contributed by atoms with E-state index in [0.29, 0.717) is 21.6 Å². The Morgan fingerprint density at radius 3 is 2.09 bits per heavy atom. The zero-order chi connectivity index (χ0) is 24.1. The highest BCUT2D eigenvalue weighted by Crippen LogP contribution is 2.56. The van der Waals surface area contributed by atoms with Crippen LogP contribution in [-0.2, 0) is 27.2 Å². The van der Waals surface area contributed by atoms with Gasteiger partial charge in [0.05, 0.1) is 31.7 Å². The molecule has 0 N–H and O–H groups in total. The third-order valence-electron chi connectivity index (χ3n) is 5.02. The Bertz CT molecular complexity index is 1100. The number of amides is 1. The quantitative estimate of drug-likeness (QED) is 0.396. The molecule has 11 heteroatoms. The molecule has 0 aliphatic carbocycles. The molecule has 1 aliphatic heterocycles. The number of fused-ring (bicyclic) bond motifs is 1. The lowest BCUT2D eigenvalue weighted by molar-refractivity contribution is 0.0727. The van der Waals surface area contributed by atoms with E-state index >= 15 is 0 Å². The number of hydrogen-bond donors (Lipinski definition) is 0. The number of carbonyl (C=O) groups excluding carboxylic acids is 1. The van der Waals surface area contributed by atoms with Gasteiger partial charge in [-0.3, -0.25) is 13.9 Å². The van der Waals surface area contributed by atoms with Crippen LogP contribution in [-0.4, -0.2) is 49.3 Å². The molecule has 1 amide bonds. The monoisotopic (exact) mass is 496 g/mol. The van der Waals surface area contributed by atoms with Gasteiger partial charge in [0.2, 0.25) is 0 Å². The third kappa shape index (κ3) is 5.14. The number of hydrazone groups is 1. The molecule has 0 saturated carbocycles. The molecule has 0 radical (unpaired) electrons. The molecule has 0 aromatic heterocycles. The van der Waals surface area contributed by atoms with E-state index in [2.05, 4.69) is 5.10 Å². The molecule has 9 nitrogen and oxygen atoms in total. The second-order valence-electron chi connectivity index (χ2n) is 7.05. The van der Waals surface area contributed by atoms with Gasteiger partial charge in [-0.05, 0) is 50.6 Å². The first kappa shape index (κ1) is 25.8. The fraction of sp³-hybridized carbons (Fsp3) is 0.455. The Morgan fingerprint density at radius 2 is 1.48 bits per heavy atom. The summed E-state index contributed by atoms with van der Waals surface area (Å²) in [5.41, 5.74) is 0.317. The lowest BCUT2D eigenvalue weighted by Crippen LogP contribution is -2.34. The fourth-order valence-electron chi connectivity index (χ4n) is 3.78. The van der Waals surface area contributed by atoms with Gasteiger partial charge in [-0.2, -0.15) is 5.10 Å². The first-order valence-electron chi connectivity index (χ1n) is 11.0. The van der Waals surface area contributed by atoms with Crippen LogP contribution in [0, 0.1) is 0 Å². The SMILES string of the molecule is CCOP(=O)(OCC)c1cccc2c(C(=O)N3N=CCC3P(=O)(OCC)OCC)cccc12. The first-order chi connectivity index (χ1) is 15.8. The Labute approximate surface area is 194 Å². The van der Waals surface area contributed by atoms with Crippen molar-refractivity contribution in [2.45, 2.75) is 39.9 Å². The highest BCUT2D eigenvalue weighted by atomic mass is 31.2. The van der Waals surface area contributed by atoms with Gasteiger partial charge in [0, 0.05) is 18.2 Å². The predicted octanol–water partition coefficient (Wildman–Crippen LogP) is 5.16. The molecule has 180 valence electrons. The van der Waals surface area contributed by atoms with Crippen LogP contribution in [0.15, 0.2) is 41.5 Å². The van der Waals surface area contributed by atoms with Gasteiger partial charge in [0.15, 0.2) is 5.78 Å². The van der Waals surface area contributed by atoms with Gasteiger partial charge in [0.1, 0.15) is 0 Å². The van der Waals surface area contributed by atoms with E-state index in [0.717, 1.165) is 5.01 Å². The van der Waals surface area contributed by atoms with Crippen LogP contribution >= 0.6 is 15.2 Å². The molecule has 0 fully saturated rings. The molecule has 1 aliphatic rings. The summed E-state index contributed by atoms with van der Waals surface area (Å²) in [5.74, 6) is -1.32. The van der Waals surface area contributed by atoms with E-state index in [-0.39, 0.29) is 32.8 Å². The summed E-state index contributed by atoms with van der Waals surface area (Å²) in [6.45, 7) is 7.69. The molecule has 2 aromatic carbocycles. The molecule has 0 spiro atoms. The van der Waals surface area contributed by atoms with E-state index in [1.807, 2.05) is 0 Å². The van der Waals surface area contributed by atoms with Gasteiger partial charge in [0.25, 0.3) is 5.91 Å². The second-order valence-corrected chi connectivity index (χ2v) is 11.2. The normalized spacial score (nSPS) is 16.6. The summed E-state index contributed by atoms with van der Waals surface area (Å²) < 4.78 is 48.8. The Kier molecular flexibility index (Phi) is 8.62. The number of rotatable bonds is 11. The second kappa shape index (κ2) is 11.0. The molecular weight excluding hydrogens is 466 g/mol. The van der Waals surface area contributed by atoms with Crippen molar-refractivity contribution >= 4 is 43.4 Å². The summed E-state index contributed by atoms with van der Waals surface area (Å²) in [7, 11) is -7.20. The van der Waals surface area contributed by atoms with Crippen molar-refractivity contribution < 1.29 is 32.0 Å². The highest BCUT2D eigenvalue weighted by Gasteiger charge is 2.44. The molecule has 1 atom stereocenters. The molecule has 0 saturated heterocycles. The maximum Gasteiger partial charge on any atom is 0.361 e. The molecular formula is C22H30N2O7P2. The predicted molar refractivity (Wildman–Crippen MR) is 128 cm³/mol. The van der Waals surface area contributed by atoms with Gasteiger partial charge in [-0.1, -0.05) is 24.3 Å². The molecule has 1 heterocycles. The summed E-state index contributed by atoms with van der Waals surface area (Å²) in [5, 5.41) is 6.87. The largest absolute Gasteiger partial charge is 0.361 e. The minimum absolute atomic E-state index is 0.178. The molecule has 0 bridgehead atoms. The van der Waals surface area contributed by atoms with Crippen molar-refractivity contribution in [3.63, 3.8) is 0 Å². The highest BCUT2D eigenvalue weighted by molar-refractivity contribution is 7.62. The van der Waals surface area contributed by atoms with Gasteiger partial charge in [-0.15, -0.1) is 0 Å². The minimum atomic E-state index is -3.62. The lowest BCUT2D eigenvalue weighted by atomic mass is 10.0. The van der Waals surface area contributed by atoms with Crippen LogP contribution < -0.4 is 5.30 Å². The molecule has 3 rings (SSSR count). The standard InChI is InChI=1S/C22H30N2O7P2/c1-5-28-32(26,29-6-2)20-14-10-11-17-18(20)12-9-13-19(17)22(25)24-21(15-16-23-24)33(27,30-7-3)31-8-4/h9-14,16,21H,5-8,15H2,1-4H3. The molecule has 2 aromatic rings. The first-order valence-corrected chi connectivity index (χ1v) is 14.2. The van der Waals surface area contributed by atoms with Crippen molar-refractivity contribution in [3.05, 3.63) is 42.0 Å². The zero-order valence-electron chi connectivity index (χ0n) is 19.3. The van der Waals surface area contributed by atoms with Crippen LogP contribution in [0.3, 0.4) is 0 Å². The molecule has 1 unspecified atom stereocenters. The topological polar surface area (TPSA) is 104 Å². The maximum atomic E-state index is 13.6. The Balaban J connectivity index is 2.07. The summed E-state index contributed by atoms with van der Waals surface area (Å²) in [6, 6.07) is 10.3. The smallest absolute Gasteiger partial charge is 0.307 e. The lowest BCUT2D eigenvalue weighted by Gasteiger charge is -2.28. The van der Waals surface area contributed by atoms with Gasteiger partial charge >= 0.3 is 15.2 Å². The summed E-state index contributed by atoms with van der Waals surface area (Å²) in [4.78, 5) is 13.6. The Hall–Kier alpha value is -1.86. The van der Waals surface area contributed by atoms with Crippen molar-refractivity contribution in [1.82, 2.24) is 5.01 Å². The number of benzene rings is 2. The van der Waals surface area contributed by atoms with E-state index < -0.39 is 26.9 Å². The van der Waals surface area contributed by atoms with Crippen molar-refractivity contribution in [1.29, 1.82) is 0 Å². The van der Waals surface area contributed by atoms with Gasteiger partial charge < -0.3 is 18.1 Å². The average Bonchev–Trinajstić information content (AvgIpc) is 3.29. The number of nitrogens with zero attached hydrogens (tertiary/aromatic N) is 2. The van der Waals surface area contributed by atoms with Crippen molar-refractivity contribution in [2.24, 2.45) is 5.10 Å². The third-order valence-corrected chi connectivity index (χ3v) is 9.59. The average molecular weight is 496 g/mol. The van der Waals surface area contributed by atoms with Crippen LogP contribution in [0.5, 0.6) is 0 Å². The maximum absolute atomic E-state index is 13.6. The van der Waals surface area contributed by atoms with Crippen LogP contribution in [0.2, 0.25) is 0 Å². The molecule has 33 heavy (non-hydrogen) atoms. The number of hydrogen-bond acceptors (Lipinski definition) is 8. The van der Waals surface area contributed by atoms with Crippen LogP contribution in [0.1, 0.15) is 44.5 Å². The van der Waals surface area contributed by atoms with Crippen molar-refractivity contribution in [3.8, 4) is 0 Å². The van der Waals surface area contributed by atoms with Gasteiger partial charge in [-0.25, -0.2) is 5.01 Å². The summed E-state index contributed by atoms with van der Waals surface area (Å²) in [6.07, 6.45) is 1.78. The van der Waals surface area contributed by atoms with E-state index in [9.17, 15) is 13.9 Å². The fourth-order valence-corrected chi connectivity index (χ4v) is 7.50. The minimum Gasteiger partial charge on any atom is -0.307 e. The summed E-state index contributed by atoms with van der Waals surface area (Å²) >= 11 is 0. The Morgan fingerprint density at radius 1 is 0.909 bits per heavy atom. The van der Waals surface area contributed by atoms with Crippen LogP contribution in [0.25, 0.3) is 10.8 Å². The number of carbonyl (C=O) groups is 1.